The fourth-order valence-corrected chi connectivity index (χ4v) is 2.66. The van der Waals surface area contributed by atoms with E-state index in [2.05, 4.69) is 33.0 Å². The monoisotopic (exact) mass is 321 g/mol. The summed E-state index contributed by atoms with van der Waals surface area (Å²) in [5, 5.41) is 3.31. The highest BCUT2D eigenvalue weighted by Gasteiger charge is 2.31. The lowest BCUT2D eigenvalue weighted by atomic mass is 9.95. The van der Waals surface area contributed by atoms with E-state index in [0.717, 1.165) is 25.0 Å². The van der Waals surface area contributed by atoms with Crippen LogP contribution in [-0.2, 0) is 6.18 Å². The summed E-state index contributed by atoms with van der Waals surface area (Å²) in [6.45, 7) is 8.42. The zero-order valence-corrected chi connectivity index (χ0v) is 13.6. The molecule has 0 aliphatic carbocycles. The Kier molecular flexibility index (Phi) is 6.39. The summed E-state index contributed by atoms with van der Waals surface area (Å²) in [7, 11) is 0. The quantitative estimate of drug-likeness (QED) is 0.654. The minimum absolute atomic E-state index is 0.0974. The molecule has 0 unspecified atom stereocenters. The van der Waals surface area contributed by atoms with E-state index in [9.17, 15) is 13.2 Å². The van der Waals surface area contributed by atoms with Crippen LogP contribution < -0.4 is 5.32 Å². The molecular weight excluding hydrogens is 299 g/mol. The van der Waals surface area contributed by atoms with Gasteiger partial charge < -0.3 is 5.32 Å². The van der Waals surface area contributed by atoms with E-state index in [4.69, 9.17) is 11.6 Å². The molecule has 0 saturated heterocycles. The summed E-state index contributed by atoms with van der Waals surface area (Å²) in [5.74, 6) is 0.949. The molecular formula is C16H23ClF3N. The van der Waals surface area contributed by atoms with Crippen LogP contribution in [-0.4, -0.2) is 6.04 Å². The van der Waals surface area contributed by atoms with Crippen molar-refractivity contribution in [2.24, 2.45) is 11.8 Å². The number of benzene rings is 1. The van der Waals surface area contributed by atoms with Crippen LogP contribution in [0.4, 0.5) is 18.9 Å². The van der Waals surface area contributed by atoms with Crippen LogP contribution in [0.3, 0.4) is 0 Å². The van der Waals surface area contributed by atoms with Gasteiger partial charge in [-0.1, -0.05) is 39.3 Å². The molecule has 0 saturated carbocycles. The van der Waals surface area contributed by atoms with Crippen molar-refractivity contribution in [2.45, 2.75) is 52.8 Å². The second-order valence-corrected chi connectivity index (χ2v) is 6.76. The molecule has 5 heteroatoms. The van der Waals surface area contributed by atoms with Crippen molar-refractivity contribution in [2.75, 3.05) is 5.32 Å². The van der Waals surface area contributed by atoms with Gasteiger partial charge in [0.25, 0.3) is 0 Å². The Hall–Kier alpha value is -0.900. The topological polar surface area (TPSA) is 12.0 Å². The van der Waals surface area contributed by atoms with Gasteiger partial charge in [0.15, 0.2) is 0 Å². The van der Waals surface area contributed by atoms with Crippen molar-refractivity contribution in [3.63, 3.8) is 0 Å². The lowest BCUT2D eigenvalue weighted by Crippen LogP contribution is -2.23. The molecule has 1 aromatic rings. The van der Waals surface area contributed by atoms with Crippen LogP contribution in [0, 0.1) is 11.8 Å². The van der Waals surface area contributed by atoms with E-state index in [1.54, 1.807) is 6.07 Å². The van der Waals surface area contributed by atoms with Gasteiger partial charge in [-0.2, -0.15) is 13.2 Å². The van der Waals surface area contributed by atoms with Crippen molar-refractivity contribution in [3.8, 4) is 0 Å². The summed E-state index contributed by atoms with van der Waals surface area (Å²) in [6.07, 6.45) is -2.56. The molecule has 120 valence electrons. The number of nitrogens with one attached hydrogen (secondary N) is 1. The van der Waals surface area contributed by atoms with Gasteiger partial charge in [-0.15, -0.1) is 0 Å². The standard InChI is InChI=1S/C16H23ClF3N/c1-10(2)5-14(6-11(3)4)21-15-8-12(16(18,19)20)7-13(17)9-15/h7-11,14,21H,5-6H2,1-4H3. The fraction of sp³-hybridized carbons (Fsp3) is 0.625. The van der Waals surface area contributed by atoms with E-state index >= 15 is 0 Å². The second-order valence-electron chi connectivity index (χ2n) is 6.33. The van der Waals surface area contributed by atoms with Gasteiger partial charge in [0.2, 0.25) is 0 Å². The first-order valence-corrected chi connectivity index (χ1v) is 7.60. The lowest BCUT2D eigenvalue weighted by molar-refractivity contribution is -0.137. The molecule has 0 aromatic heterocycles. The molecule has 21 heavy (non-hydrogen) atoms. The van der Waals surface area contributed by atoms with Gasteiger partial charge >= 0.3 is 6.18 Å². The Labute approximate surface area is 129 Å². The van der Waals surface area contributed by atoms with Crippen LogP contribution in [0.15, 0.2) is 18.2 Å². The Morgan fingerprint density at radius 3 is 1.95 bits per heavy atom. The number of alkyl halides is 3. The average molecular weight is 322 g/mol. The van der Waals surface area contributed by atoms with Crippen LogP contribution in [0.25, 0.3) is 0 Å². The highest BCUT2D eigenvalue weighted by Crippen LogP contribution is 2.33. The van der Waals surface area contributed by atoms with Gasteiger partial charge in [0.1, 0.15) is 0 Å². The van der Waals surface area contributed by atoms with Crippen LogP contribution >= 0.6 is 11.6 Å². The Balaban J connectivity index is 2.95. The maximum atomic E-state index is 12.8. The molecule has 0 fully saturated rings. The zero-order valence-electron chi connectivity index (χ0n) is 12.9. The molecule has 0 bridgehead atoms. The van der Waals surface area contributed by atoms with Gasteiger partial charge in [-0.05, 0) is 42.9 Å². The van der Waals surface area contributed by atoms with Crippen molar-refractivity contribution >= 4 is 17.3 Å². The van der Waals surface area contributed by atoms with Gasteiger partial charge in [-0.25, -0.2) is 0 Å². The molecule has 0 aliphatic heterocycles. The van der Waals surface area contributed by atoms with E-state index in [-0.39, 0.29) is 11.1 Å². The first-order chi connectivity index (χ1) is 9.57. The Bertz CT molecular complexity index is 445. The normalized spacial score (nSPS) is 12.5. The zero-order chi connectivity index (χ0) is 16.2. The summed E-state index contributed by atoms with van der Waals surface area (Å²) in [6, 6.07) is 3.76. The molecule has 1 aromatic carbocycles. The molecule has 0 atom stereocenters. The molecule has 0 heterocycles. The van der Waals surface area contributed by atoms with Crippen molar-refractivity contribution < 1.29 is 13.2 Å². The lowest BCUT2D eigenvalue weighted by Gasteiger charge is -2.24. The Morgan fingerprint density at radius 2 is 1.52 bits per heavy atom. The van der Waals surface area contributed by atoms with E-state index in [0.29, 0.717) is 17.5 Å². The predicted octanol–water partition coefficient (Wildman–Crippen LogP) is 6.23. The predicted molar refractivity (Wildman–Crippen MR) is 82.8 cm³/mol. The van der Waals surface area contributed by atoms with Crippen LogP contribution in [0.2, 0.25) is 5.02 Å². The Morgan fingerprint density at radius 1 is 1.00 bits per heavy atom. The van der Waals surface area contributed by atoms with Gasteiger partial charge in [0, 0.05) is 16.8 Å². The average Bonchev–Trinajstić information content (AvgIpc) is 2.24. The van der Waals surface area contributed by atoms with Crippen LogP contribution in [0.5, 0.6) is 0 Å². The van der Waals surface area contributed by atoms with Gasteiger partial charge in [-0.3, -0.25) is 0 Å². The third-order valence-corrected chi connectivity index (χ3v) is 3.33. The van der Waals surface area contributed by atoms with Crippen molar-refractivity contribution in [3.05, 3.63) is 28.8 Å². The largest absolute Gasteiger partial charge is 0.416 e. The molecule has 1 nitrogen and oxygen atoms in total. The number of anilines is 1. The summed E-state index contributed by atoms with van der Waals surface area (Å²) in [4.78, 5) is 0. The number of hydrogen-bond donors (Lipinski definition) is 1. The first kappa shape index (κ1) is 18.1. The molecule has 0 radical (unpaired) electrons. The molecule has 1 N–H and O–H groups in total. The van der Waals surface area contributed by atoms with Crippen molar-refractivity contribution in [1.29, 1.82) is 0 Å². The summed E-state index contributed by atoms with van der Waals surface area (Å²) >= 11 is 5.81. The molecule has 1 rings (SSSR count). The van der Waals surface area contributed by atoms with Gasteiger partial charge in [0.05, 0.1) is 5.56 Å². The van der Waals surface area contributed by atoms with E-state index in [1.165, 1.54) is 0 Å². The fourth-order valence-electron chi connectivity index (χ4n) is 2.42. The molecule has 0 spiro atoms. The number of rotatable bonds is 6. The maximum absolute atomic E-state index is 12.8. The van der Waals surface area contributed by atoms with Crippen LogP contribution in [0.1, 0.15) is 46.1 Å². The second kappa shape index (κ2) is 7.39. The SMILES string of the molecule is CC(C)CC(CC(C)C)Nc1cc(Cl)cc(C(F)(F)F)c1. The smallest absolute Gasteiger partial charge is 0.382 e. The van der Waals surface area contributed by atoms with E-state index in [1.807, 2.05) is 0 Å². The summed E-state index contributed by atoms with van der Waals surface area (Å²) < 4.78 is 38.5. The highest BCUT2D eigenvalue weighted by atomic mass is 35.5. The molecule has 0 aliphatic rings. The number of hydrogen-bond acceptors (Lipinski definition) is 1. The van der Waals surface area contributed by atoms with Crippen molar-refractivity contribution in [1.82, 2.24) is 0 Å². The minimum Gasteiger partial charge on any atom is -0.382 e. The van der Waals surface area contributed by atoms with E-state index < -0.39 is 11.7 Å². The molecule has 0 amide bonds. The summed E-state index contributed by atoms with van der Waals surface area (Å²) in [5.41, 5.74) is -0.286. The third kappa shape index (κ3) is 6.60. The minimum atomic E-state index is -4.38. The number of halogens is 4. The first-order valence-electron chi connectivity index (χ1n) is 7.22. The maximum Gasteiger partial charge on any atom is 0.416 e. The third-order valence-electron chi connectivity index (χ3n) is 3.11. The highest BCUT2D eigenvalue weighted by molar-refractivity contribution is 6.30.